The molecule has 2 aromatic rings. The highest BCUT2D eigenvalue weighted by molar-refractivity contribution is 5.95. The number of rotatable bonds is 5. The topological polar surface area (TPSA) is 104 Å². The van der Waals surface area contributed by atoms with Crippen molar-refractivity contribution in [2.45, 2.75) is 70.1 Å². The van der Waals surface area contributed by atoms with Crippen LogP contribution in [0.5, 0.6) is 0 Å². The third-order valence-electron chi connectivity index (χ3n) is 7.47. The van der Waals surface area contributed by atoms with E-state index in [-0.39, 0.29) is 11.8 Å². The normalized spacial score (nSPS) is 23.8. The van der Waals surface area contributed by atoms with E-state index in [4.69, 9.17) is 4.52 Å². The lowest BCUT2D eigenvalue weighted by atomic mass is 9.81. The van der Waals surface area contributed by atoms with Gasteiger partial charge in [-0.3, -0.25) is 14.7 Å². The number of H-pyrrole nitrogens is 1. The van der Waals surface area contributed by atoms with Gasteiger partial charge in [-0.05, 0) is 38.5 Å². The molecule has 1 aliphatic heterocycles. The zero-order valence-electron chi connectivity index (χ0n) is 18.2. The van der Waals surface area contributed by atoms with E-state index in [0.29, 0.717) is 37.5 Å². The van der Waals surface area contributed by atoms with Crippen molar-refractivity contribution in [3.05, 3.63) is 34.5 Å². The second kappa shape index (κ2) is 8.13. The number of fused-ring (bicyclic) bond motifs is 1. The summed E-state index contributed by atoms with van der Waals surface area (Å²) in [6.45, 7) is 0.907. The number of carbonyl (C=O) groups is 2. The van der Waals surface area contributed by atoms with Gasteiger partial charge in [-0.1, -0.05) is 24.4 Å². The zero-order valence-corrected chi connectivity index (χ0v) is 18.2. The maximum absolute atomic E-state index is 13.2. The Kier molecular flexibility index (Phi) is 5.32. The van der Waals surface area contributed by atoms with Crippen LogP contribution < -0.4 is 5.32 Å². The molecule has 2 amide bonds. The van der Waals surface area contributed by atoms with Crippen LogP contribution in [0.3, 0.4) is 0 Å². The molecule has 1 unspecified atom stereocenters. The van der Waals surface area contributed by atoms with Crippen LogP contribution in [0.25, 0.3) is 0 Å². The third-order valence-corrected chi connectivity index (χ3v) is 7.47. The van der Waals surface area contributed by atoms with E-state index in [2.05, 4.69) is 20.7 Å². The van der Waals surface area contributed by atoms with Crippen molar-refractivity contribution < 1.29 is 14.1 Å². The third kappa shape index (κ3) is 3.66. The number of hydrogen-bond acceptors (Lipinski definition) is 5. The summed E-state index contributed by atoms with van der Waals surface area (Å²) in [7, 11) is 1.66. The molecule has 1 atom stereocenters. The molecule has 0 radical (unpaired) electrons. The van der Waals surface area contributed by atoms with E-state index in [1.165, 1.54) is 19.3 Å². The van der Waals surface area contributed by atoms with Crippen LogP contribution in [0.15, 0.2) is 10.6 Å². The fourth-order valence-corrected chi connectivity index (χ4v) is 5.70. The second-order valence-electron chi connectivity index (χ2n) is 9.45. The fraction of sp³-hybridized carbons (Fsp3) is 0.652. The first kappa shape index (κ1) is 20.3. The lowest BCUT2D eigenvalue weighted by Crippen LogP contribution is -2.44. The van der Waals surface area contributed by atoms with Crippen molar-refractivity contribution in [2.24, 2.45) is 5.41 Å². The number of nitrogens with one attached hydrogen (secondary N) is 2. The molecular formula is C23H31N5O3. The molecule has 5 rings (SSSR count). The minimum atomic E-state index is -0.701. The van der Waals surface area contributed by atoms with Crippen LogP contribution in [0.2, 0.25) is 0 Å². The fourth-order valence-electron chi connectivity index (χ4n) is 5.70. The molecule has 2 N–H and O–H groups in total. The van der Waals surface area contributed by atoms with Gasteiger partial charge in [-0.15, -0.1) is 0 Å². The van der Waals surface area contributed by atoms with Crippen LogP contribution >= 0.6 is 0 Å². The van der Waals surface area contributed by atoms with Gasteiger partial charge in [0.15, 0.2) is 5.69 Å². The molecule has 2 fully saturated rings. The number of aryl methyl sites for hydroxylation is 1. The van der Waals surface area contributed by atoms with Crippen LogP contribution in [0.1, 0.15) is 84.1 Å². The van der Waals surface area contributed by atoms with Crippen LogP contribution in [0.4, 0.5) is 0 Å². The first-order valence-electron chi connectivity index (χ1n) is 11.6. The number of amides is 2. The predicted molar refractivity (Wildman–Crippen MR) is 114 cm³/mol. The van der Waals surface area contributed by atoms with Gasteiger partial charge < -0.3 is 14.7 Å². The largest absolute Gasteiger partial charge is 0.361 e. The SMILES string of the molecule is CNC(=O)C1(Cc2cc(C3CCCCC3)no2)CCN(C(=O)c2n[nH]c3c2CCC3)C1. The van der Waals surface area contributed by atoms with E-state index in [0.717, 1.165) is 54.8 Å². The lowest BCUT2D eigenvalue weighted by molar-refractivity contribution is -0.130. The van der Waals surface area contributed by atoms with E-state index < -0.39 is 5.41 Å². The maximum atomic E-state index is 13.2. The smallest absolute Gasteiger partial charge is 0.274 e. The number of aromatic nitrogens is 3. The summed E-state index contributed by atoms with van der Waals surface area (Å²) in [4.78, 5) is 27.9. The second-order valence-corrected chi connectivity index (χ2v) is 9.45. The summed E-state index contributed by atoms with van der Waals surface area (Å²) >= 11 is 0. The summed E-state index contributed by atoms with van der Waals surface area (Å²) in [6, 6.07) is 2.03. The summed E-state index contributed by atoms with van der Waals surface area (Å²) < 4.78 is 5.68. The van der Waals surface area contributed by atoms with Gasteiger partial charge in [-0.2, -0.15) is 5.10 Å². The van der Waals surface area contributed by atoms with Crippen molar-refractivity contribution >= 4 is 11.8 Å². The highest BCUT2D eigenvalue weighted by atomic mass is 16.5. The molecule has 8 heteroatoms. The van der Waals surface area contributed by atoms with Gasteiger partial charge in [0.2, 0.25) is 5.91 Å². The van der Waals surface area contributed by atoms with E-state index in [1.54, 1.807) is 11.9 Å². The number of likely N-dealkylation sites (tertiary alicyclic amines) is 1. The number of hydrogen-bond donors (Lipinski definition) is 2. The van der Waals surface area contributed by atoms with E-state index >= 15 is 0 Å². The van der Waals surface area contributed by atoms with E-state index in [9.17, 15) is 9.59 Å². The first-order chi connectivity index (χ1) is 15.1. The van der Waals surface area contributed by atoms with Crippen LogP contribution in [-0.2, 0) is 24.1 Å². The molecule has 1 saturated carbocycles. The van der Waals surface area contributed by atoms with Crippen molar-refractivity contribution in [3.8, 4) is 0 Å². The van der Waals surface area contributed by atoms with Gasteiger partial charge in [0.1, 0.15) is 5.76 Å². The van der Waals surface area contributed by atoms with Gasteiger partial charge in [-0.25, -0.2) is 0 Å². The molecule has 0 aromatic carbocycles. The lowest BCUT2D eigenvalue weighted by Gasteiger charge is -2.26. The quantitative estimate of drug-likeness (QED) is 0.767. The van der Waals surface area contributed by atoms with Crippen molar-refractivity contribution in [3.63, 3.8) is 0 Å². The number of aromatic amines is 1. The highest BCUT2D eigenvalue weighted by Crippen LogP contribution is 2.38. The van der Waals surface area contributed by atoms with Crippen LogP contribution in [-0.4, -0.2) is 52.2 Å². The molecule has 2 aliphatic carbocycles. The Morgan fingerprint density at radius 1 is 1.26 bits per heavy atom. The molecule has 1 saturated heterocycles. The number of carbonyl (C=O) groups excluding carboxylic acids is 2. The molecule has 3 heterocycles. The Morgan fingerprint density at radius 3 is 2.90 bits per heavy atom. The molecule has 8 nitrogen and oxygen atoms in total. The van der Waals surface area contributed by atoms with Gasteiger partial charge in [0, 0.05) is 49.8 Å². The van der Waals surface area contributed by atoms with Crippen molar-refractivity contribution in [2.75, 3.05) is 20.1 Å². The molecule has 31 heavy (non-hydrogen) atoms. The van der Waals surface area contributed by atoms with Gasteiger partial charge >= 0.3 is 0 Å². The Balaban J connectivity index is 1.33. The molecule has 0 spiro atoms. The van der Waals surface area contributed by atoms with Crippen molar-refractivity contribution in [1.29, 1.82) is 0 Å². The zero-order chi connectivity index (χ0) is 21.4. The molecule has 0 bridgehead atoms. The summed E-state index contributed by atoms with van der Waals surface area (Å²) in [5, 5.41) is 14.5. The Hall–Kier alpha value is -2.64. The average Bonchev–Trinajstić information content (AvgIpc) is 3.58. The summed E-state index contributed by atoms with van der Waals surface area (Å²) in [5.41, 5.74) is 2.97. The number of nitrogens with zero attached hydrogens (tertiary/aromatic N) is 3. The Labute approximate surface area is 182 Å². The predicted octanol–water partition coefficient (Wildman–Crippen LogP) is 2.76. The van der Waals surface area contributed by atoms with Gasteiger partial charge in [0.05, 0.1) is 11.1 Å². The van der Waals surface area contributed by atoms with E-state index in [1.807, 2.05) is 6.07 Å². The summed E-state index contributed by atoms with van der Waals surface area (Å²) in [6.07, 6.45) is 10.0. The molecule has 166 valence electrons. The summed E-state index contributed by atoms with van der Waals surface area (Å²) in [5.74, 6) is 1.07. The Morgan fingerprint density at radius 2 is 2.10 bits per heavy atom. The minimum absolute atomic E-state index is 0.0503. The minimum Gasteiger partial charge on any atom is -0.361 e. The monoisotopic (exact) mass is 425 g/mol. The molecular weight excluding hydrogens is 394 g/mol. The van der Waals surface area contributed by atoms with Gasteiger partial charge in [0.25, 0.3) is 5.91 Å². The maximum Gasteiger partial charge on any atom is 0.274 e. The molecule has 2 aromatic heterocycles. The standard InChI is InChI=1S/C23H31N5O3/c1-24-22(30)23(13-16-12-19(27-31-16)15-6-3-2-4-7-15)10-11-28(14-23)21(29)20-17-8-5-9-18(17)25-26-20/h12,15H,2-11,13-14H2,1H3,(H,24,30)(H,25,26). The van der Waals surface area contributed by atoms with Crippen molar-refractivity contribution in [1.82, 2.24) is 25.6 Å². The molecule has 3 aliphatic rings. The first-order valence-corrected chi connectivity index (χ1v) is 11.6. The van der Waals surface area contributed by atoms with Crippen LogP contribution in [0, 0.1) is 5.41 Å². The Bertz CT molecular complexity index is 974. The average molecular weight is 426 g/mol. The highest BCUT2D eigenvalue weighted by Gasteiger charge is 2.47.